The third-order valence-corrected chi connectivity index (χ3v) is 5.28. The van der Waals surface area contributed by atoms with Gasteiger partial charge in [0.1, 0.15) is 6.04 Å². The van der Waals surface area contributed by atoms with Crippen LogP contribution in [0, 0.1) is 17.6 Å². The van der Waals surface area contributed by atoms with E-state index in [1.54, 1.807) is 6.92 Å². The minimum Gasteiger partial charge on any atom is -0.350 e. The van der Waals surface area contributed by atoms with Gasteiger partial charge in [-0.1, -0.05) is 6.92 Å². The molecule has 2 heterocycles. The molecule has 0 saturated carbocycles. The molecule has 0 spiro atoms. The number of hydrogen-bond acceptors (Lipinski definition) is 4. The average Bonchev–Trinajstić information content (AvgIpc) is 3.11. The summed E-state index contributed by atoms with van der Waals surface area (Å²) in [5.41, 5.74) is 0.413. The summed E-state index contributed by atoms with van der Waals surface area (Å²) in [5.74, 6) is -6.01. The summed E-state index contributed by atoms with van der Waals surface area (Å²) in [7, 11) is 0. The molecule has 2 unspecified atom stereocenters. The van der Waals surface area contributed by atoms with Gasteiger partial charge in [0.15, 0.2) is 11.6 Å². The van der Waals surface area contributed by atoms with Crippen molar-refractivity contribution < 1.29 is 36.3 Å². The number of benzene rings is 1. The Morgan fingerprint density at radius 1 is 1.12 bits per heavy atom. The molecule has 7 nitrogen and oxygen atoms in total. The normalized spacial score (nSPS) is 18.6. The van der Waals surface area contributed by atoms with E-state index in [-0.39, 0.29) is 19.0 Å². The van der Waals surface area contributed by atoms with E-state index < -0.39 is 48.1 Å². The van der Waals surface area contributed by atoms with Gasteiger partial charge in [0.2, 0.25) is 11.8 Å². The maximum Gasteiger partial charge on any atom is 0.471 e. The summed E-state index contributed by atoms with van der Waals surface area (Å²) in [6.07, 6.45) is -1.95. The fraction of sp³-hybridized carbons (Fsp3) is 0.400. The van der Waals surface area contributed by atoms with Gasteiger partial charge in [-0.25, -0.2) is 8.78 Å². The van der Waals surface area contributed by atoms with Crippen molar-refractivity contribution in [1.82, 2.24) is 20.5 Å². The maximum absolute atomic E-state index is 13.6. The molecule has 3 rings (SSSR count). The van der Waals surface area contributed by atoms with Gasteiger partial charge >= 0.3 is 12.1 Å². The fourth-order valence-corrected chi connectivity index (χ4v) is 3.64. The summed E-state index contributed by atoms with van der Waals surface area (Å²) in [6, 6.07) is 1.02. The molecule has 1 aromatic heterocycles. The molecule has 1 aromatic carbocycles. The van der Waals surface area contributed by atoms with E-state index >= 15 is 0 Å². The Labute approximate surface area is 179 Å². The predicted molar refractivity (Wildman–Crippen MR) is 102 cm³/mol. The van der Waals surface area contributed by atoms with Gasteiger partial charge in [0.25, 0.3) is 0 Å². The van der Waals surface area contributed by atoms with Crippen molar-refractivity contribution in [3.8, 4) is 0 Å². The van der Waals surface area contributed by atoms with Crippen LogP contribution in [-0.4, -0.2) is 52.9 Å². The maximum atomic E-state index is 13.6. The number of pyridine rings is 1. The van der Waals surface area contributed by atoms with E-state index in [4.69, 9.17) is 0 Å². The first-order valence-corrected chi connectivity index (χ1v) is 9.63. The molecular weight excluding hydrogens is 439 g/mol. The lowest BCUT2D eigenvalue weighted by Crippen LogP contribution is -2.51. The van der Waals surface area contributed by atoms with Crippen LogP contribution in [0.2, 0.25) is 0 Å². The molecule has 1 fully saturated rings. The molecule has 0 radical (unpaired) electrons. The molecular formula is C20H19F5N4O3. The van der Waals surface area contributed by atoms with Crippen molar-refractivity contribution in [2.45, 2.75) is 32.1 Å². The van der Waals surface area contributed by atoms with E-state index in [2.05, 4.69) is 10.3 Å². The zero-order chi connectivity index (χ0) is 23.6. The zero-order valence-electron chi connectivity index (χ0n) is 16.8. The van der Waals surface area contributed by atoms with Gasteiger partial charge in [0.05, 0.1) is 6.54 Å². The number of rotatable bonds is 5. The number of nitrogens with one attached hydrogen (secondary N) is 2. The van der Waals surface area contributed by atoms with Gasteiger partial charge in [-0.15, -0.1) is 0 Å². The van der Waals surface area contributed by atoms with Crippen LogP contribution in [0.3, 0.4) is 0 Å². The molecule has 32 heavy (non-hydrogen) atoms. The minimum absolute atomic E-state index is 0.0930. The summed E-state index contributed by atoms with van der Waals surface area (Å²) in [6.45, 7) is 0.862. The lowest BCUT2D eigenvalue weighted by molar-refractivity contribution is -0.174. The van der Waals surface area contributed by atoms with E-state index in [0.717, 1.165) is 17.0 Å². The van der Waals surface area contributed by atoms with Gasteiger partial charge < -0.3 is 15.5 Å². The Hall–Kier alpha value is -3.31. The number of carbonyl (C=O) groups is 3. The molecule has 172 valence electrons. The highest BCUT2D eigenvalue weighted by Gasteiger charge is 2.41. The lowest BCUT2D eigenvalue weighted by atomic mass is 10.0. The molecule has 0 aliphatic carbocycles. The van der Waals surface area contributed by atoms with E-state index in [0.29, 0.717) is 22.8 Å². The van der Waals surface area contributed by atoms with Crippen molar-refractivity contribution >= 4 is 28.5 Å². The van der Waals surface area contributed by atoms with Gasteiger partial charge in [-0.3, -0.25) is 19.4 Å². The van der Waals surface area contributed by atoms with Crippen molar-refractivity contribution in [2.24, 2.45) is 5.92 Å². The molecule has 1 saturated heterocycles. The van der Waals surface area contributed by atoms with Crippen molar-refractivity contribution in [3.05, 3.63) is 41.7 Å². The van der Waals surface area contributed by atoms with Crippen LogP contribution in [0.1, 0.15) is 18.9 Å². The molecule has 3 amide bonds. The Morgan fingerprint density at radius 3 is 2.50 bits per heavy atom. The molecule has 12 heteroatoms. The number of likely N-dealkylation sites (tertiary alicyclic amines) is 1. The van der Waals surface area contributed by atoms with Crippen LogP contribution in [0.4, 0.5) is 22.0 Å². The second-order valence-corrected chi connectivity index (χ2v) is 7.48. The summed E-state index contributed by atoms with van der Waals surface area (Å²) in [5, 5.41) is 4.80. The number of fused-ring (bicyclic) bond motifs is 1. The lowest BCUT2D eigenvalue weighted by Gasteiger charge is -2.26. The first-order valence-electron chi connectivity index (χ1n) is 9.63. The number of amides is 3. The largest absolute Gasteiger partial charge is 0.471 e. The highest BCUT2D eigenvalue weighted by atomic mass is 19.4. The van der Waals surface area contributed by atoms with Gasteiger partial charge in [0, 0.05) is 30.9 Å². The zero-order valence-corrected chi connectivity index (χ0v) is 16.8. The first kappa shape index (κ1) is 23.4. The van der Waals surface area contributed by atoms with Gasteiger partial charge in [-0.2, -0.15) is 13.2 Å². The Kier molecular flexibility index (Phi) is 6.60. The van der Waals surface area contributed by atoms with Crippen molar-refractivity contribution in [3.63, 3.8) is 0 Å². The molecule has 0 bridgehead atoms. The van der Waals surface area contributed by atoms with E-state index in [1.807, 2.05) is 0 Å². The second kappa shape index (κ2) is 9.05. The fourth-order valence-electron chi connectivity index (χ4n) is 3.64. The smallest absolute Gasteiger partial charge is 0.350 e. The molecule has 2 N–H and O–H groups in total. The summed E-state index contributed by atoms with van der Waals surface area (Å²) >= 11 is 0. The minimum atomic E-state index is -5.12. The Morgan fingerprint density at radius 2 is 1.81 bits per heavy atom. The topological polar surface area (TPSA) is 91.4 Å². The standard InChI is InChI=1S/C20H19F5N4O3/c1-10-2-3-29(16(30)9-28-19(32)20(23,24)25)17(10)18(31)27-8-12-7-26-6-11-4-14(21)15(22)5-13(11)12/h4-7,10,17H,2-3,8-9H2,1H3,(H,27,31)(H,28,32). The Balaban J connectivity index is 1.68. The summed E-state index contributed by atoms with van der Waals surface area (Å²) in [4.78, 5) is 41.1. The van der Waals surface area contributed by atoms with Crippen LogP contribution in [0.25, 0.3) is 10.8 Å². The van der Waals surface area contributed by atoms with Crippen molar-refractivity contribution in [2.75, 3.05) is 13.1 Å². The van der Waals surface area contributed by atoms with Gasteiger partial charge in [-0.05, 0) is 35.4 Å². The third-order valence-electron chi connectivity index (χ3n) is 5.28. The number of nitrogens with zero attached hydrogens (tertiary/aromatic N) is 2. The van der Waals surface area contributed by atoms with Crippen LogP contribution in [0.15, 0.2) is 24.5 Å². The van der Waals surface area contributed by atoms with Crippen LogP contribution in [0.5, 0.6) is 0 Å². The monoisotopic (exact) mass is 458 g/mol. The SMILES string of the molecule is CC1CCN(C(=O)CNC(=O)C(F)(F)F)C1C(=O)NCc1cncc2cc(F)c(F)cc12. The van der Waals surface area contributed by atoms with Crippen LogP contribution < -0.4 is 10.6 Å². The molecule has 1 aliphatic rings. The highest BCUT2D eigenvalue weighted by Crippen LogP contribution is 2.25. The molecule has 2 atom stereocenters. The van der Waals surface area contributed by atoms with E-state index in [9.17, 15) is 36.3 Å². The predicted octanol–water partition coefficient (Wildman–Crippen LogP) is 2.04. The number of carbonyl (C=O) groups excluding carboxylic acids is 3. The second-order valence-electron chi connectivity index (χ2n) is 7.48. The first-order chi connectivity index (χ1) is 15.0. The van der Waals surface area contributed by atoms with Crippen LogP contribution in [-0.2, 0) is 20.9 Å². The third kappa shape index (κ3) is 4.94. The van der Waals surface area contributed by atoms with Crippen LogP contribution >= 0.6 is 0 Å². The van der Waals surface area contributed by atoms with Crippen molar-refractivity contribution in [1.29, 1.82) is 0 Å². The summed E-state index contributed by atoms with van der Waals surface area (Å²) < 4.78 is 64.0. The number of aromatic nitrogens is 1. The number of hydrogen-bond donors (Lipinski definition) is 2. The molecule has 1 aliphatic heterocycles. The quantitative estimate of drug-likeness (QED) is 0.671. The highest BCUT2D eigenvalue weighted by molar-refractivity contribution is 5.92. The number of halogens is 5. The van der Waals surface area contributed by atoms with E-state index in [1.165, 1.54) is 17.7 Å². The Bertz CT molecular complexity index is 1060. The average molecular weight is 458 g/mol. The molecule has 2 aromatic rings. The number of alkyl halides is 3.